The molecule has 0 aromatic heterocycles. The molecule has 0 aromatic rings. The van der Waals surface area contributed by atoms with Crippen molar-refractivity contribution in [3.8, 4) is 0 Å². The first-order valence-corrected chi connectivity index (χ1v) is 4.59. The summed E-state index contributed by atoms with van der Waals surface area (Å²) in [7, 11) is 2.82. The maximum Gasteiger partial charge on any atom is 0.314 e. The second-order valence-corrected chi connectivity index (χ2v) is 3.24. The molecule has 0 aromatic carbocycles. The second kappa shape index (κ2) is 5.26. The summed E-state index contributed by atoms with van der Waals surface area (Å²) in [6.07, 6.45) is -2.89. The van der Waals surface area contributed by atoms with Gasteiger partial charge in [0.2, 0.25) is 0 Å². The van der Waals surface area contributed by atoms with Crippen LogP contribution in [0.25, 0.3) is 0 Å². The zero-order chi connectivity index (χ0) is 11.4. The number of urea groups is 1. The Balaban J connectivity index is 2.61. The molecule has 88 valence electrons. The first-order chi connectivity index (χ1) is 7.10. The SMILES string of the molecule is CNC(=O)N[C@H]1[C@@H](O)[C@@H](OC)OC[C@@H]1O. The lowest BCUT2D eigenvalue weighted by molar-refractivity contribution is -0.234. The lowest BCUT2D eigenvalue weighted by Crippen LogP contribution is -2.61. The van der Waals surface area contributed by atoms with Crippen LogP contribution in [0.3, 0.4) is 0 Å². The summed E-state index contributed by atoms with van der Waals surface area (Å²) >= 11 is 0. The van der Waals surface area contributed by atoms with E-state index in [2.05, 4.69) is 10.6 Å². The third kappa shape index (κ3) is 2.78. The zero-order valence-corrected chi connectivity index (χ0v) is 8.64. The van der Waals surface area contributed by atoms with Crippen LogP contribution in [0.1, 0.15) is 0 Å². The maximum atomic E-state index is 11.0. The van der Waals surface area contributed by atoms with Crippen LogP contribution in [0, 0.1) is 0 Å². The number of aliphatic hydroxyl groups is 2. The summed E-state index contributed by atoms with van der Waals surface area (Å²) in [6.45, 7) is 0.00419. The summed E-state index contributed by atoms with van der Waals surface area (Å²) in [5.74, 6) is 0. The predicted molar refractivity (Wildman–Crippen MR) is 50.1 cm³/mol. The molecule has 15 heavy (non-hydrogen) atoms. The van der Waals surface area contributed by atoms with Crippen LogP contribution in [0.5, 0.6) is 0 Å². The molecule has 0 radical (unpaired) electrons. The van der Waals surface area contributed by atoms with Gasteiger partial charge in [-0.1, -0.05) is 0 Å². The molecule has 7 nitrogen and oxygen atoms in total. The van der Waals surface area contributed by atoms with E-state index in [4.69, 9.17) is 9.47 Å². The molecule has 1 fully saturated rings. The third-order valence-corrected chi connectivity index (χ3v) is 2.25. The molecule has 0 unspecified atom stereocenters. The van der Waals surface area contributed by atoms with Crippen molar-refractivity contribution in [2.24, 2.45) is 0 Å². The quantitative estimate of drug-likeness (QED) is 0.431. The van der Waals surface area contributed by atoms with Crippen molar-refractivity contribution in [2.45, 2.75) is 24.5 Å². The molecule has 1 heterocycles. The van der Waals surface area contributed by atoms with Crippen LogP contribution in [-0.2, 0) is 9.47 Å². The van der Waals surface area contributed by atoms with E-state index in [1.54, 1.807) is 0 Å². The molecular weight excluding hydrogens is 204 g/mol. The Bertz CT molecular complexity index is 225. The molecular formula is C8H16N2O5. The lowest BCUT2D eigenvalue weighted by Gasteiger charge is -2.37. The van der Waals surface area contributed by atoms with Crippen molar-refractivity contribution in [3.05, 3.63) is 0 Å². The van der Waals surface area contributed by atoms with Crippen molar-refractivity contribution in [1.29, 1.82) is 0 Å². The van der Waals surface area contributed by atoms with Crippen molar-refractivity contribution in [3.63, 3.8) is 0 Å². The van der Waals surface area contributed by atoms with Crippen molar-refractivity contribution in [1.82, 2.24) is 10.6 Å². The third-order valence-electron chi connectivity index (χ3n) is 2.25. The number of carbonyl (C=O) groups excluding carboxylic acids is 1. The van der Waals surface area contributed by atoms with Gasteiger partial charge in [-0.2, -0.15) is 0 Å². The van der Waals surface area contributed by atoms with Crippen LogP contribution in [0.2, 0.25) is 0 Å². The predicted octanol–water partition coefficient (Wildman–Crippen LogP) is -1.99. The van der Waals surface area contributed by atoms with Crippen LogP contribution in [0.4, 0.5) is 4.79 Å². The Morgan fingerprint density at radius 2 is 2.20 bits per heavy atom. The van der Waals surface area contributed by atoms with Gasteiger partial charge < -0.3 is 30.3 Å². The molecule has 0 bridgehead atoms. The van der Waals surface area contributed by atoms with Gasteiger partial charge in [0.05, 0.1) is 12.6 Å². The molecule has 1 aliphatic heterocycles. The smallest absolute Gasteiger partial charge is 0.314 e. The number of amides is 2. The summed E-state index contributed by atoms with van der Waals surface area (Å²) < 4.78 is 9.85. The highest BCUT2D eigenvalue weighted by molar-refractivity contribution is 5.74. The van der Waals surface area contributed by atoms with Gasteiger partial charge in [-0.25, -0.2) is 4.79 Å². The lowest BCUT2D eigenvalue weighted by atomic mass is 10.0. The topological polar surface area (TPSA) is 100 Å². The molecule has 2 amide bonds. The molecule has 1 saturated heterocycles. The monoisotopic (exact) mass is 220 g/mol. The minimum Gasteiger partial charge on any atom is -0.388 e. The Morgan fingerprint density at radius 3 is 2.73 bits per heavy atom. The molecule has 0 saturated carbocycles. The fraction of sp³-hybridized carbons (Fsp3) is 0.875. The van der Waals surface area contributed by atoms with Crippen molar-refractivity contribution in [2.75, 3.05) is 20.8 Å². The summed E-state index contributed by atoms with van der Waals surface area (Å²) in [5, 5.41) is 24.0. The van der Waals surface area contributed by atoms with E-state index in [9.17, 15) is 15.0 Å². The minimum absolute atomic E-state index is 0.00419. The Hall–Kier alpha value is -0.890. The minimum atomic E-state index is -1.10. The number of hydrogen-bond acceptors (Lipinski definition) is 5. The number of methoxy groups -OCH3 is 1. The highest BCUT2D eigenvalue weighted by Crippen LogP contribution is 2.15. The normalized spacial score (nSPS) is 36.0. The number of aliphatic hydroxyl groups excluding tert-OH is 2. The Kier molecular flexibility index (Phi) is 4.28. The second-order valence-electron chi connectivity index (χ2n) is 3.24. The molecule has 0 aliphatic carbocycles. The average molecular weight is 220 g/mol. The van der Waals surface area contributed by atoms with Crippen LogP contribution in [-0.4, -0.2) is 61.5 Å². The number of ether oxygens (including phenoxy) is 2. The van der Waals surface area contributed by atoms with Gasteiger partial charge in [0, 0.05) is 14.2 Å². The van der Waals surface area contributed by atoms with E-state index in [1.807, 2.05) is 0 Å². The molecule has 4 atom stereocenters. The highest BCUT2D eigenvalue weighted by atomic mass is 16.7. The van der Waals surface area contributed by atoms with Gasteiger partial charge in [0.1, 0.15) is 12.2 Å². The Labute approximate surface area is 87.4 Å². The summed E-state index contributed by atoms with van der Waals surface area (Å²) in [6, 6.07) is -1.28. The van der Waals surface area contributed by atoms with Gasteiger partial charge in [0.25, 0.3) is 0 Å². The van der Waals surface area contributed by atoms with Crippen molar-refractivity contribution < 1.29 is 24.5 Å². The van der Waals surface area contributed by atoms with Gasteiger partial charge in [-0.3, -0.25) is 0 Å². The van der Waals surface area contributed by atoms with E-state index in [0.29, 0.717) is 0 Å². The average Bonchev–Trinajstić information content (AvgIpc) is 2.24. The van der Waals surface area contributed by atoms with E-state index in [0.717, 1.165) is 0 Å². The number of carbonyl (C=O) groups is 1. The van der Waals surface area contributed by atoms with Crippen molar-refractivity contribution >= 4 is 6.03 Å². The van der Waals surface area contributed by atoms with Gasteiger partial charge in [0.15, 0.2) is 6.29 Å². The number of rotatable bonds is 2. The van der Waals surface area contributed by atoms with Gasteiger partial charge in [-0.05, 0) is 0 Å². The largest absolute Gasteiger partial charge is 0.388 e. The molecule has 1 aliphatic rings. The van der Waals surface area contributed by atoms with E-state index >= 15 is 0 Å². The van der Waals surface area contributed by atoms with E-state index in [1.165, 1.54) is 14.2 Å². The summed E-state index contributed by atoms with van der Waals surface area (Å²) in [5.41, 5.74) is 0. The van der Waals surface area contributed by atoms with Gasteiger partial charge >= 0.3 is 6.03 Å². The van der Waals surface area contributed by atoms with E-state index < -0.39 is 30.6 Å². The summed E-state index contributed by atoms with van der Waals surface area (Å²) in [4.78, 5) is 11.0. The highest BCUT2D eigenvalue weighted by Gasteiger charge is 2.39. The standard InChI is InChI=1S/C8H16N2O5/c1-9-8(13)10-5-4(11)3-15-7(14-2)6(5)12/h4-7,11-12H,3H2,1-2H3,(H2,9,10,13)/t4-,5+,6+,7-/m0/s1. The first kappa shape index (κ1) is 12.2. The fourth-order valence-corrected chi connectivity index (χ4v) is 1.41. The fourth-order valence-electron chi connectivity index (χ4n) is 1.41. The maximum absolute atomic E-state index is 11.0. The number of hydrogen-bond donors (Lipinski definition) is 4. The zero-order valence-electron chi connectivity index (χ0n) is 8.64. The molecule has 1 rings (SSSR count). The van der Waals surface area contributed by atoms with Gasteiger partial charge in [-0.15, -0.1) is 0 Å². The Morgan fingerprint density at radius 1 is 1.53 bits per heavy atom. The van der Waals surface area contributed by atoms with Crippen LogP contribution in [0.15, 0.2) is 0 Å². The number of nitrogens with one attached hydrogen (secondary N) is 2. The molecule has 4 N–H and O–H groups in total. The molecule has 0 spiro atoms. The molecule has 7 heteroatoms. The first-order valence-electron chi connectivity index (χ1n) is 4.59. The van der Waals surface area contributed by atoms with Crippen LogP contribution >= 0.6 is 0 Å². The van der Waals surface area contributed by atoms with Crippen LogP contribution < -0.4 is 10.6 Å². The van der Waals surface area contributed by atoms with E-state index in [-0.39, 0.29) is 6.61 Å².